The number of aryl methyl sites for hydroxylation is 2. The predicted octanol–water partition coefficient (Wildman–Crippen LogP) is 3.38. The lowest BCUT2D eigenvalue weighted by Gasteiger charge is -2.23. The monoisotopic (exact) mass is 285 g/mol. The Hall–Kier alpha value is -2.49. The Bertz CT molecular complexity index is 680. The molecule has 0 heterocycles. The number of carbonyl (C=O) groups is 1. The van der Waals surface area contributed by atoms with Gasteiger partial charge in [0.15, 0.2) is 0 Å². The Labute approximate surface area is 124 Å². The molecular weight excluding hydrogens is 266 g/mol. The van der Waals surface area contributed by atoms with Crippen molar-refractivity contribution in [1.82, 2.24) is 0 Å². The van der Waals surface area contributed by atoms with E-state index in [1.54, 1.807) is 35.2 Å². The molecule has 110 valence electrons. The topological polar surface area (TPSA) is 60.8 Å². The zero-order chi connectivity index (χ0) is 15.6. The zero-order valence-corrected chi connectivity index (χ0v) is 12.4. The van der Waals surface area contributed by atoms with Gasteiger partial charge in [0.2, 0.25) is 0 Å². The average Bonchev–Trinajstić information content (AvgIpc) is 2.46. The summed E-state index contributed by atoms with van der Waals surface area (Å²) < 4.78 is 0. The number of phenolic OH excluding ortho intramolecular Hbond substituents is 2. The van der Waals surface area contributed by atoms with Crippen LogP contribution in [0.4, 0.5) is 5.69 Å². The fraction of sp³-hybridized carbons (Fsp3) is 0.235. The Morgan fingerprint density at radius 2 is 1.81 bits per heavy atom. The van der Waals surface area contributed by atoms with Crippen molar-refractivity contribution in [3.63, 3.8) is 0 Å². The molecular formula is C17H19NO3. The van der Waals surface area contributed by atoms with Crippen molar-refractivity contribution in [2.75, 3.05) is 11.4 Å². The number of benzene rings is 2. The van der Waals surface area contributed by atoms with Gasteiger partial charge in [0.05, 0.1) is 11.3 Å². The first-order valence-electron chi connectivity index (χ1n) is 6.85. The predicted molar refractivity (Wildman–Crippen MR) is 83.0 cm³/mol. The Kier molecular flexibility index (Phi) is 4.17. The first kappa shape index (κ1) is 14.9. The molecule has 0 unspecified atom stereocenters. The highest BCUT2D eigenvalue weighted by molar-refractivity contribution is 6.08. The maximum atomic E-state index is 12.7. The molecule has 1 amide bonds. The van der Waals surface area contributed by atoms with E-state index in [0.29, 0.717) is 12.2 Å². The van der Waals surface area contributed by atoms with Gasteiger partial charge in [-0.2, -0.15) is 0 Å². The summed E-state index contributed by atoms with van der Waals surface area (Å²) in [7, 11) is 0. The molecule has 2 rings (SSSR count). The van der Waals surface area contributed by atoms with Gasteiger partial charge < -0.3 is 15.1 Å². The standard InChI is InChI=1S/C17H19NO3/c1-4-18(15-10-13(19)7-6-12(15)3)17(21)14-9-11(2)5-8-16(14)20/h5-10,19-20H,4H2,1-3H3. The van der Waals surface area contributed by atoms with Gasteiger partial charge in [0, 0.05) is 12.6 Å². The smallest absolute Gasteiger partial charge is 0.262 e. The van der Waals surface area contributed by atoms with Crippen LogP contribution in [0.25, 0.3) is 0 Å². The van der Waals surface area contributed by atoms with E-state index in [0.717, 1.165) is 11.1 Å². The number of hydrogen-bond donors (Lipinski definition) is 2. The minimum atomic E-state index is -0.285. The SMILES string of the molecule is CCN(C(=O)c1cc(C)ccc1O)c1cc(O)ccc1C. The number of phenols is 2. The molecule has 0 saturated heterocycles. The first-order chi connectivity index (χ1) is 9.93. The summed E-state index contributed by atoms with van der Waals surface area (Å²) in [6, 6.07) is 9.84. The van der Waals surface area contributed by atoms with Crippen LogP contribution in [0.3, 0.4) is 0 Å². The Morgan fingerprint density at radius 3 is 2.48 bits per heavy atom. The van der Waals surface area contributed by atoms with E-state index in [2.05, 4.69) is 0 Å². The van der Waals surface area contributed by atoms with Gasteiger partial charge in [-0.25, -0.2) is 0 Å². The molecule has 4 nitrogen and oxygen atoms in total. The van der Waals surface area contributed by atoms with E-state index in [9.17, 15) is 15.0 Å². The number of amides is 1. The molecule has 4 heteroatoms. The second kappa shape index (κ2) is 5.87. The third-order valence-electron chi connectivity index (χ3n) is 3.43. The van der Waals surface area contributed by atoms with Crippen LogP contribution in [-0.4, -0.2) is 22.7 Å². The molecule has 0 aliphatic carbocycles. The lowest BCUT2D eigenvalue weighted by atomic mass is 10.1. The highest BCUT2D eigenvalue weighted by atomic mass is 16.3. The van der Waals surface area contributed by atoms with Crippen molar-refractivity contribution >= 4 is 11.6 Å². The van der Waals surface area contributed by atoms with Crippen LogP contribution in [0, 0.1) is 13.8 Å². The lowest BCUT2D eigenvalue weighted by molar-refractivity contribution is 0.0985. The van der Waals surface area contributed by atoms with Crippen LogP contribution in [0.2, 0.25) is 0 Å². The molecule has 2 aromatic rings. The third-order valence-corrected chi connectivity index (χ3v) is 3.43. The van der Waals surface area contributed by atoms with Crippen LogP contribution >= 0.6 is 0 Å². The molecule has 0 spiro atoms. The molecule has 0 fully saturated rings. The van der Waals surface area contributed by atoms with E-state index in [-0.39, 0.29) is 23.0 Å². The Morgan fingerprint density at radius 1 is 1.10 bits per heavy atom. The van der Waals surface area contributed by atoms with Gasteiger partial charge in [0.1, 0.15) is 11.5 Å². The first-order valence-corrected chi connectivity index (χ1v) is 6.85. The fourth-order valence-corrected chi connectivity index (χ4v) is 2.28. The molecule has 0 atom stereocenters. The summed E-state index contributed by atoms with van der Waals surface area (Å²) in [5, 5.41) is 19.6. The lowest BCUT2D eigenvalue weighted by Crippen LogP contribution is -2.31. The molecule has 2 aromatic carbocycles. The number of aromatic hydroxyl groups is 2. The van der Waals surface area contributed by atoms with Crippen LogP contribution in [0.15, 0.2) is 36.4 Å². The second-order valence-corrected chi connectivity index (χ2v) is 5.04. The van der Waals surface area contributed by atoms with E-state index in [4.69, 9.17) is 0 Å². The van der Waals surface area contributed by atoms with Crippen molar-refractivity contribution < 1.29 is 15.0 Å². The minimum absolute atomic E-state index is 0.0399. The van der Waals surface area contributed by atoms with E-state index in [1.165, 1.54) is 6.07 Å². The summed E-state index contributed by atoms with van der Waals surface area (Å²) in [6.07, 6.45) is 0. The maximum absolute atomic E-state index is 12.7. The van der Waals surface area contributed by atoms with Gasteiger partial charge in [-0.15, -0.1) is 0 Å². The van der Waals surface area contributed by atoms with E-state index in [1.807, 2.05) is 20.8 Å². The molecule has 21 heavy (non-hydrogen) atoms. The normalized spacial score (nSPS) is 10.4. The largest absolute Gasteiger partial charge is 0.508 e. The third kappa shape index (κ3) is 2.99. The number of carbonyl (C=O) groups excluding carboxylic acids is 1. The second-order valence-electron chi connectivity index (χ2n) is 5.04. The zero-order valence-electron chi connectivity index (χ0n) is 12.4. The van der Waals surface area contributed by atoms with Crippen molar-refractivity contribution in [2.24, 2.45) is 0 Å². The van der Waals surface area contributed by atoms with Gasteiger partial charge in [-0.1, -0.05) is 17.7 Å². The molecule has 2 N–H and O–H groups in total. The quantitative estimate of drug-likeness (QED) is 0.908. The number of hydrogen-bond acceptors (Lipinski definition) is 3. The Balaban J connectivity index is 2.48. The van der Waals surface area contributed by atoms with Crippen LogP contribution in [0.5, 0.6) is 11.5 Å². The number of rotatable bonds is 3. The van der Waals surface area contributed by atoms with Gasteiger partial charge >= 0.3 is 0 Å². The number of anilines is 1. The van der Waals surface area contributed by atoms with Gasteiger partial charge in [0.25, 0.3) is 5.91 Å². The summed E-state index contributed by atoms with van der Waals surface area (Å²) in [5.74, 6) is -0.218. The minimum Gasteiger partial charge on any atom is -0.508 e. The molecule has 0 aliphatic heterocycles. The maximum Gasteiger partial charge on any atom is 0.262 e. The summed E-state index contributed by atoms with van der Waals surface area (Å²) in [4.78, 5) is 14.2. The summed E-state index contributed by atoms with van der Waals surface area (Å²) in [5.41, 5.74) is 2.69. The van der Waals surface area contributed by atoms with Gasteiger partial charge in [-0.05, 0) is 44.5 Å². The molecule has 0 bridgehead atoms. The summed E-state index contributed by atoms with van der Waals surface area (Å²) in [6.45, 7) is 6.04. The molecule has 0 aliphatic rings. The van der Waals surface area contributed by atoms with Crippen molar-refractivity contribution in [3.8, 4) is 11.5 Å². The number of nitrogens with zero attached hydrogens (tertiary/aromatic N) is 1. The highest BCUT2D eigenvalue weighted by Crippen LogP contribution is 2.28. The van der Waals surface area contributed by atoms with E-state index < -0.39 is 0 Å². The summed E-state index contributed by atoms with van der Waals surface area (Å²) >= 11 is 0. The molecule has 0 aromatic heterocycles. The van der Waals surface area contributed by atoms with Crippen LogP contribution in [0.1, 0.15) is 28.4 Å². The van der Waals surface area contributed by atoms with Crippen molar-refractivity contribution in [1.29, 1.82) is 0 Å². The average molecular weight is 285 g/mol. The van der Waals surface area contributed by atoms with Crippen LogP contribution in [-0.2, 0) is 0 Å². The van der Waals surface area contributed by atoms with E-state index >= 15 is 0 Å². The van der Waals surface area contributed by atoms with Crippen molar-refractivity contribution in [3.05, 3.63) is 53.1 Å². The van der Waals surface area contributed by atoms with Crippen LogP contribution < -0.4 is 4.90 Å². The van der Waals surface area contributed by atoms with Gasteiger partial charge in [-0.3, -0.25) is 4.79 Å². The molecule has 0 saturated carbocycles. The van der Waals surface area contributed by atoms with Crippen molar-refractivity contribution in [2.45, 2.75) is 20.8 Å². The highest BCUT2D eigenvalue weighted by Gasteiger charge is 2.21. The fourth-order valence-electron chi connectivity index (χ4n) is 2.28. The molecule has 0 radical (unpaired) electrons.